The van der Waals surface area contributed by atoms with Crippen molar-refractivity contribution < 1.29 is 23.8 Å². The van der Waals surface area contributed by atoms with Gasteiger partial charge in [0.15, 0.2) is 0 Å². The highest BCUT2D eigenvalue weighted by Gasteiger charge is 2.52. The number of carbonyl (C=O) groups excluding carboxylic acids is 2. The van der Waals surface area contributed by atoms with Gasteiger partial charge in [-0.1, -0.05) is 0 Å². The molecule has 7 heteroatoms. The van der Waals surface area contributed by atoms with Crippen LogP contribution < -0.4 is 0 Å². The van der Waals surface area contributed by atoms with Crippen molar-refractivity contribution in [2.75, 3.05) is 39.5 Å². The second-order valence-corrected chi connectivity index (χ2v) is 6.25. The van der Waals surface area contributed by atoms with Crippen molar-refractivity contribution >= 4 is 11.9 Å². The predicted octanol–water partition coefficient (Wildman–Crippen LogP) is 0.234. The lowest BCUT2D eigenvalue weighted by Gasteiger charge is -2.26. The Bertz CT molecular complexity index is 431. The molecule has 0 aliphatic carbocycles. The van der Waals surface area contributed by atoms with Crippen LogP contribution in [0.15, 0.2) is 0 Å². The van der Waals surface area contributed by atoms with Crippen molar-refractivity contribution in [1.29, 1.82) is 0 Å². The van der Waals surface area contributed by atoms with E-state index in [9.17, 15) is 9.59 Å². The molecule has 3 fully saturated rings. The molecule has 3 heterocycles. The molecule has 2 unspecified atom stereocenters. The second-order valence-electron chi connectivity index (χ2n) is 6.25. The maximum atomic E-state index is 12.4. The predicted molar refractivity (Wildman–Crippen MR) is 72.8 cm³/mol. The van der Waals surface area contributed by atoms with Gasteiger partial charge < -0.3 is 19.1 Å². The van der Waals surface area contributed by atoms with Gasteiger partial charge >= 0.3 is 6.03 Å². The SMILES string of the molecule is CC1(C)C(=O)N(CCCOCC2CO2)C(=O)N1CC1CO1. The van der Waals surface area contributed by atoms with Gasteiger partial charge in [0.25, 0.3) is 5.91 Å². The highest BCUT2D eigenvalue weighted by Crippen LogP contribution is 2.29. The molecule has 0 radical (unpaired) electrons. The zero-order valence-corrected chi connectivity index (χ0v) is 12.5. The number of hydrogen-bond donors (Lipinski definition) is 0. The second kappa shape index (κ2) is 5.55. The fourth-order valence-corrected chi connectivity index (χ4v) is 2.50. The third kappa shape index (κ3) is 3.20. The molecule has 3 aliphatic heterocycles. The zero-order chi connectivity index (χ0) is 15.0. The third-order valence-corrected chi connectivity index (χ3v) is 4.07. The standard InChI is InChI=1S/C14H22N2O5/c1-14(2)12(17)15(4-3-5-19-7-11-9-21-11)13(18)16(14)6-10-8-20-10/h10-11H,3-9H2,1-2H3. The minimum Gasteiger partial charge on any atom is -0.379 e. The Labute approximate surface area is 124 Å². The van der Waals surface area contributed by atoms with Gasteiger partial charge in [-0.3, -0.25) is 9.69 Å². The third-order valence-electron chi connectivity index (χ3n) is 4.07. The molecule has 0 spiro atoms. The Kier molecular flexibility index (Phi) is 3.90. The number of rotatable bonds is 8. The number of epoxide rings is 2. The average Bonchev–Trinajstić information content (AvgIpc) is 3.32. The van der Waals surface area contributed by atoms with Crippen LogP contribution in [0.1, 0.15) is 20.3 Å². The van der Waals surface area contributed by atoms with E-state index in [-0.39, 0.29) is 24.1 Å². The van der Waals surface area contributed by atoms with E-state index in [0.29, 0.717) is 39.3 Å². The van der Waals surface area contributed by atoms with Crippen LogP contribution in [0, 0.1) is 0 Å². The van der Waals surface area contributed by atoms with Crippen LogP contribution in [0.4, 0.5) is 4.79 Å². The quantitative estimate of drug-likeness (QED) is 0.364. The van der Waals surface area contributed by atoms with Crippen LogP contribution in [0.2, 0.25) is 0 Å². The Hall–Kier alpha value is -1.18. The number of nitrogens with zero attached hydrogens (tertiary/aromatic N) is 2. The summed E-state index contributed by atoms with van der Waals surface area (Å²) in [6, 6.07) is -0.217. The molecule has 0 bridgehead atoms. The maximum absolute atomic E-state index is 12.4. The first-order valence-electron chi connectivity index (χ1n) is 7.44. The van der Waals surface area contributed by atoms with Crippen molar-refractivity contribution in [3.63, 3.8) is 0 Å². The molecule has 7 nitrogen and oxygen atoms in total. The molecule has 3 amide bonds. The van der Waals surface area contributed by atoms with E-state index < -0.39 is 5.54 Å². The Morgan fingerprint density at radius 2 is 1.90 bits per heavy atom. The summed E-state index contributed by atoms with van der Waals surface area (Å²) in [7, 11) is 0. The maximum Gasteiger partial charge on any atom is 0.327 e. The number of amides is 3. The summed E-state index contributed by atoms with van der Waals surface area (Å²) in [6.07, 6.45) is 0.976. The van der Waals surface area contributed by atoms with Gasteiger partial charge in [0.05, 0.1) is 32.5 Å². The summed E-state index contributed by atoms with van der Waals surface area (Å²) in [5.41, 5.74) is -0.786. The molecule has 0 aromatic carbocycles. The highest BCUT2D eigenvalue weighted by molar-refractivity contribution is 6.06. The van der Waals surface area contributed by atoms with E-state index in [2.05, 4.69) is 0 Å². The van der Waals surface area contributed by atoms with Crippen LogP contribution in [-0.4, -0.2) is 79.0 Å². The topological polar surface area (TPSA) is 74.9 Å². The number of imide groups is 1. The number of ether oxygens (including phenoxy) is 3. The summed E-state index contributed by atoms with van der Waals surface area (Å²) in [6.45, 7) is 7.04. The lowest BCUT2D eigenvalue weighted by molar-refractivity contribution is -0.132. The summed E-state index contributed by atoms with van der Waals surface area (Å²) >= 11 is 0. The summed E-state index contributed by atoms with van der Waals surface area (Å²) in [5.74, 6) is -0.140. The molecule has 0 saturated carbocycles. The van der Waals surface area contributed by atoms with Crippen LogP contribution in [0.5, 0.6) is 0 Å². The van der Waals surface area contributed by atoms with Gasteiger partial charge in [0.1, 0.15) is 11.6 Å². The smallest absolute Gasteiger partial charge is 0.327 e. The van der Waals surface area contributed by atoms with Gasteiger partial charge in [-0.15, -0.1) is 0 Å². The Morgan fingerprint density at radius 1 is 1.24 bits per heavy atom. The van der Waals surface area contributed by atoms with Crippen molar-refractivity contribution in [3.05, 3.63) is 0 Å². The van der Waals surface area contributed by atoms with Crippen molar-refractivity contribution in [2.24, 2.45) is 0 Å². The van der Waals surface area contributed by atoms with Crippen LogP contribution in [0.25, 0.3) is 0 Å². The molecular weight excluding hydrogens is 276 g/mol. The van der Waals surface area contributed by atoms with E-state index >= 15 is 0 Å². The minimum absolute atomic E-state index is 0.0860. The van der Waals surface area contributed by atoms with Crippen molar-refractivity contribution in [2.45, 2.75) is 38.0 Å². The fourth-order valence-electron chi connectivity index (χ4n) is 2.50. The van der Waals surface area contributed by atoms with Crippen LogP contribution in [0.3, 0.4) is 0 Å². The van der Waals surface area contributed by atoms with E-state index in [4.69, 9.17) is 14.2 Å². The molecule has 3 aliphatic rings. The molecular formula is C14H22N2O5. The molecule has 0 aromatic heterocycles. The first kappa shape index (κ1) is 14.7. The van der Waals surface area contributed by atoms with Crippen LogP contribution in [-0.2, 0) is 19.0 Å². The first-order chi connectivity index (χ1) is 10.00. The van der Waals surface area contributed by atoms with Crippen molar-refractivity contribution in [1.82, 2.24) is 9.80 Å². The summed E-state index contributed by atoms with van der Waals surface area (Å²) in [4.78, 5) is 27.7. The lowest BCUT2D eigenvalue weighted by Crippen LogP contribution is -2.45. The summed E-state index contributed by atoms with van der Waals surface area (Å²) in [5, 5.41) is 0. The lowest BCUT2D eigenvalue weighted by atomic mass is 10.0. The fraction of sp³-hybridized carbons (Fsp3) is 0.857. The molecule has 2 atom stereocenters. The largest absolute Gasteiger partial charge is 0.379 e. The van der Waals surface area contributed by atoms with Gasteiger partial charge in [-0.25, -0.2) is 4.79 Å². The molecule has 118 valence electrons. The highest BCUT2D eigenvalue weighted by atomic mass is 16.6. The number of urea groups is 1. The van der Waals surface area contributed by atoms with Gasteiger partial charge in [-0.2, -0.15) is 0 Å². The van der Waals surface area contributed by atoms with E-state index in [1.54, 1.807) is 18.7 Å². The monoisotopic (exact) mass is 298 g/mol. The van der Waals surface area contributed by atoms with E-state index in [1.165, 1.54) is 4.90 Å². The first-order valence-corrected chi connectivity index (χ1v) is 7.44. The van der Waals surface area contributed by atoms with Gasteiger partial charge in [0, 0.05) is 13.2 Å². The van der Waals surface area contributed by atoms with Crippen molar-refractivity contribution in [3.8, 4) is 0 Å². The molecule has 21 heavy (non-hydrogen) atoms. The number of hydrogen-bond acceptors (Lipinski definition) is 5. The van der Waals surface area contributed by atoms with E-state index in [1.807, 2.05) is 0 Å². The molecule has 0 N–H and O–H groups in total. The molecule has 3 rings (SSSR count). The molecule has 3 saturated heterocycles. The summed E-state index contributed by atoms with van der Waals surface area (Å²) < 4.78 is 15.6. The Balaban J connectivity index is 1.49. The van der Waals surface area contributed by atoms with E-state index in [0.717, 1.165) is 6.61 Å². The minimum atomic E-state index is -0.786. The van der Waals surface area contributed by atoms with Gasteiger partial charge in [0.2, 0.25) is 0 Å². The Morgan fingerprint density at radius 3 is 2.52 bits per heavy atom. The number of carbonyl (C=O) groups is 2. The normalized spacial score (nSPS) is 30.2. The average molecular weight is 298 g/mol. The van der Waals surface area contributed by atoms with Crippen LogP contribution >= 0.6 is 0 Å². The van der Waals surface area contributed by atoms with Gasteiger partial charge in [-0.05, 0) is 20.3 Å². The molecule has 0 aromatic rings. The zero-order valence-electron chi connectivity index (χ0n) is 12.5.